The average molecular weight is 412 g/mol. The molecule has 4 atom stereocenters. The van der Waals surface area contributed by atoms with E-state index in [1.165, 1.54) is 6.42 Å². The van der Waals surface area contributed by atoms with Gasteiger partial charge >= 0.3 is 0 Å². The van der Waals surface area contributed by atoms with Gasteiger partial charge in [0.25, 0.3) is 0 Å². The number of carbonyl (C=O) groups is 2. The van der Waals surface area contributed by atoms with Crippen LogP contribution in [0.5, 0.6) is 0 Å². The molecule has 5 N–H and O–H groups in total. The molecule has 30 heavy (non-hydrogen) atoms. The molecule has 2 amide bonds. The fraction of sp³-hybridized carbons (Fsp3) is 0.609. The number of nitrogen functional groups attached to an aromatic ring is 1. The number of amidine groups is 1. The minimum absolute atomic E-state index is 0.0321. The van der Waals surface area contributed by atoms with Crippen molar-refractivity contribution in [1.82, 2.24) is 15.5 Å². The molecule has 1 aromatic carbocycles. The Morgan fingerprint density at radius 1 is 1.10 bits per heavy atom. The molecule has 0 bridgehead atoms. The second kappa shape index (κ2) is 9.16. The summed E-state index contributed by atoms with van der Waals surface area (Å²) in [5, 5.41) is 13.9. The van der Waals surface area contributed by atoms with Crippen LogP contribution in [-0.2, 0) is 16.1 Å². The van der Waals surface area contributed by atoms with Crippen LogP contribution in [0.25, 0.3) is 0 Å². The Hall–Kier alpha value is -2.41. The van der Waals surface area contributed by atoms with Gasteiger partial charge in [-0.2, -0.15) is 0 Å². The van der Waals surface area contributed by atoms with Crippen LogP contribution in [0.4, 0.5) is 0 Å². The average Bonchev–Trinajstić information content (AvgIpc) is 3.17. The third kappa shape index (κ3) is 4.36. The molecule has 0 spiro atoms. The normalized spacial score (nSPS) is 28.6. The first-order valence-electron chi connectivity index (χ1n) is 11.3. The third-order valence-corrected chi connectivity index (χ3v) is 6.99. The van der Waals surface area contributed by atoms with Crippen LogP contribution in [0.1, 0.15) is 62.5 Å². The van der Waals surface area contributed by atoms with Crippen LogP contribution in [0.2, 0.25) is 0 Å². The molecule has 3 fully saturated rings. The van der Waals surface area contributed by atoms with Gasteiger partial charge in [0.2, 0.25) is 11.8 Å². The quantitative estimate of drug-likeness (QED) is 0.438. The zero-order valence-corrected chi connectivity index (χ0v) is 17.5. The minimum atomic E-state index is -0.370. The van der Waals surface area contributed by atoms with E-state index in [-0.39, 0.29) is 35.8 Å². The molecule has 2 heterocycles. The van der Waals surface area contributed by atoms with Crippen LogP contribution in [0.15, 0.2) is 24.3 Å². The zero-order valence-electron chi connectivity index (χ0n) is 17.5. The van der Waals surface area contributed by atoms with Gasteiger partial charge < -0.3 is 21.3 Å². The summed E-state index contributed by atoms with van der Waals surface area (Å²) in [6, 6.07) is 7.03. The van der Waals surface area contributed by atoms with E-state index < -0.39 is 0 Å². The van der Waals surface area contributed by atoms with E-state index in [1.807, 2.05) is 17.0 Å². The van der Waals surface area contributed by atoms with E-state index in [1.54, 1.807) is 12.1 Å². The van der Waals surface area contributed by atoms with Gasteiger partial charge in [0, 0.05) is 18.2 Å². The zero-order chi connectivity index (χ0) is 21.1. The molecule has 0 unspecified atom stereocenters. The van der Waals surface area contributed by atoms with Gasteiger partial charge in [-0.1, -0.05) is 43.5 Å². The summed E-state index contributed by atoms with van der Waals surface area (Å²) in [5.41, 5.74) is 7.12. The maximum absolute atomic E-state index is 13.4. The van der Waals surface area contributed by atoms with E-state index in [2.05, 4.69) is 10.6 Å². The van der Waals surface area contributed by atoms with Crippen LogP contribution in [0.3, 0.4) is 0 Å². The lowest BCUT2D eigenvalue weighted by atomic mass is 9.84. The Balaban J connectivity index is 1.44. The molecule has 2 saturated heterocycles. The van der Waals surface area contributed by atoms with E-state index in [9.17, 15) is 9.59 Å². The standard InChI is InChI=1S/C23H33N5O2/c24-21(25)16-10-8-15(9-11-16)14-27-22(29)20-13-17-5-1-2-7-19(17)28(20)23(30)18-6-3-4-12-26-18/h8-11,17-20,26H,1-7,12-14H2,(H3,24,25)(H,27,29)/t17-,18-,19-,20+/m1/s1. The summed E-state index contributed by atoms with van der Waals surface area (Å²) in [5.74, 6) is 0.542. The topological polar surface area (TPSA) is 111 Å². The van der Waals surface area contributed by atoms with Crippen LogP contribution < -0.4 is 16.4 Å². The molecular formula is C23H33N5O2. The highest BCUT2D eigenvalue weighted by Gasteiger charge is 2.48. The van der Waals surface area contributed by atoms with Crippen molar-refractivity contribution in [2.75, 3.05) is 6.54 Å². The number of benzene rings is 1. The predicted octanol–water partition coefficient (Wildman–Crippen LogP) is 1.89. The van der Waals surface area contributed by atoms with E-state index in [4.69, 9.17) is 11.1 Å². The van der Waals surface area contributed by atoms with Gasteiger partial charge in [-0.15, -0.1) is 0 Å². The Bertz CT molecular complexity index is 787. The number of nitrogens with zero attached hydrogens (tertiary/aromatic N) is 1. The van der Waals surface area contributed by atoms with Crippen molar-refractivity contribution >= 4 is 17.6 Å². The number of fused-ring (bicyclic) bond motifs is 1. The SMILES string of the molecule is N=C(N)c1ccc(CNC(=O)[C@@H]2C[C@H]3CCCC[C@H]3N2C(=O)[C@H]2CCCCN2)cc1. The molecule has 162 valence electrons. The number of amides is 2. The number of nitrogens with two attached hydrogens (primary N) is 1. The Labute approximate surface area is 178 Å². The first kappa shape index (κ1) is 20.8. The molecule has 2 aliphatic heterocycles. The Morgan fingerprint density at radius 3 is 2.53 bits per heavy atom. The summed E-state index contributed by atoms with van der Waals surface area (Å²) >= 11 is 0. The van der Waals surface area contributed by atoms with Crippen molar-refractivity contribution in [2.24, 2.45) is 11.7 Å². The fourth-order valence-electron chi connectivity index (χ4n) is 5.36. The van der Waals surface area contributed by atoms with Crippen molar-refractivity contribution in [3.63, 3.8) is 0 Å². The lowest BCUT2D eigenvalue weighted by molar-refractivity contribution is -0.143. The smallest absolute Gasteiger partial charge is 0.243 e. The molecule has 1 aliphatic carbocycles. The van der Waals surface area contributed by atoms with Crippen molar-refractivity contribution in [1.29, 1.82) is 5.41 Å². The second-order valence-corrected chi connectivity index (χ2v) is 8.94. The van der Waals surface area contributed by atoms with Gasteiger partial charge in [-0.25, -0.2) is 0 Å². The highest BCUT2D eigenvalue weighted by molar-refractivity contribution is 5.95. The van der Waals surface area contributed by atoms with E-state index >= 15 is 0 Å². The lowest BCUT2D eigenvalue weighted by Crippen LogP contribution is -2.56. The van der Waals surface area contributed by atoms with Crippen molar-refractivity contribution in [2.45, 2.75) is 76.0 Å². The molecular weight excluding hydrogens is 378 g/mol. The van der Waals surface area contributed by atoms with Gasteiger partial charge in [-0.3, -0.25) is 15.0 Å². The molecule has 3 aliphatic rings. The predicted molar refractivity (Wildman–Crippen MR) is 116 cm³/mol. The van der Waals surface area contributed by atoms with Crippen LogP contribution in [-0.4, -0.2) is 47.2 Å². The number of hydrogen-bond donors (Lipinski definition) is 4. The monoisotopic (exact) mass is 411 g/mol. The molecule has 4 rings (SSSR count). The van der Waals surface area contributed by atoms with Gasteiger partial charge in [0.15, 0.2) is 0 Å². The second-order valence-electron chi connectivity index (χ2n) is 8.94. The molecule has 7 heteroatoms. The van der Waals surface area contributed by atoms with Crippen LogP contribution >= 0.6 is 0 Å². The maximum Gasteiger partial charge on any atom is 0.243 e. The minimum Gasteiger partial charge on any atom is -0.384 e. The number of piperidine rings is 1. The summed E-state index contributed by atoms with van der Waals surface area (Å²) < 4.78 is 0. The van der Waals surface area contributed by atoms with Gasteiger partial charge in [0.1, 0.15) is 11.9 Å². The number of hydrogen-bond acceptors (Lipinski definition) is 4. The summed E-state index contributed by atoms with van der Waals surface area (Å²) in [7, 11) is 0. The number of likely N-dealkylation sites (tertiary alicyclic amines) is 1. The number of carbonyl (C=O) groups excluding carboxylic acids is 2. The summed E-state index contributed by atoms with van der Waals surface area (Å²) in [4.78, 5) is 28.5. The Morgan fingerprint density at radius 2 is 1.83 bits per heavy atom. The van der Waals surface area contributed by atoms with Crippen molar-refractivity contribution in [3.05, 3.63) is 35.4 Å². The van der Waals surface area contributed by atoms with Gasteiger partial charge in [-0.05, 0) is 50.1 Å². The summed E-state index contributed by atoms with van der Waals surface area (Å²) in [6.45, 7) is 1.29. The number of rotatable bonds is 5. The molecule has 0 aromatic heterocycles. The van der Waals surface area contributed by atoms with Crippen LogP contribution in [0, 0.1) is 11.3 Å². The fourth-order valence-corrected chi connectivity index (χ4v) is 5.36. The molecule has 1 saturated carbocycles. The molecule has 1 aromatic rings. The van der Waals surface area contributed by atoms with Crippen molar-refractivity contribution in [3.8, 4) is 0 Å². The first-order valence-corrected chi connectivity index (χ1v) is 11.3. The first-order chi connectivity index (χ1) is 14.5. The largest absolute Gasteiger partial charge is 0.384 e. The number of nitrogens with one attached hydrogen (secondary N) is 3. The summed E-state index contributed by atoms with van der Waals surface area (Å²) in [6.07, 6.45) is 8.28. The molecule has 7 nitrogen and oxygen atoms in total. The van der Waals surface area contributed by atoms with Crippen molar-refractivity contribution < 1.29 is 9.59 Å². The molecule has 0 radical (unpaired) electrons. The highest BCUT2D eigenvalue weighted by atomic mass is 16.2. The Kier molecular flexibility index (Phi) is 6.37. The third-order valence-electron chi connectivity index (χ3n) is 6.99. The van der Waals surface area contributed by atoms with E-state index in [0.29, 0.717) is 18.0 Å². The van der Waals surface area contributed by atoms with Gasteiger partial charge in [0.05, 0.1) is 6.04 Å². The van der Waals surface area contributed by atoms with E-state index in [0.717, 1.165) is 57.1 Å². The lowest BCUT2D eigenvalue weighted by Gasteiger charge is -2.37. The maximum atomic E-state index is 13.4. The highest BCUT2D eigenvalue weighted by Crippen LogP contribution is 2.40.